The molecule has 0 aliphatic heterocycles. The van der Waals surface area contributed by atoms with Gasteiger partial charge in [-0.05, 0) is 38.5 Å². The molecule has 36 heavy (non-hydrogen) atoms. The zero-order valence-corrected chi connectivity index (χ0v) is 20.3. The van der Waals surface area contributed by atoms with E-state index < -0.39 is 29.4 Å². The molecule has 0 radical (unpaired) electrons. The maximum Gasteiger partial charge on any atom is 0.266 e. The van der Waals surface area contributed by atoms with E-state index >= 15 is 0 Å². The van der Waals surface area contributed by atoms with Crippen molar-refractivity contribution in [1.29, 1.82) is 0 Å². The third-order valence-electron chi connectivity index (χ3n) is 6.07. The SMILES string of the molecule is CCCn1cccc(-c2cc3c(N[C@H](C)c4cccc(C(F)F)c4F)nc(C)nc3n(C)c2=O)c1=O. The number of hydrogen-bond donors (Lipinski definition) is 1. The van der Waals surface area contributed by atoms with E-state index in [9.17, 15) is 22.8 Å². The van der Waals surface area contributed by atoms with Gasteiger partial charge in [0.05, 0.1) is 28.1 Å². The number of fused-ring (bicyclic) bond motifs is 1. The normalized spacial score (nSPS) is 12.3. The van der Waals surface area contributed by atoms with E-state index in [4.69, 9.17) is 0 Å². The summed E-state index contributed by atoms with van der Waals surface area (Å²) in [5, 5.41) is 3.52. The molecule has 10 heteroatoms. The maximum absolute atomic E-state index is 14.8. The molecule has 0 saturated carbocycles. The fourth-order valence-corrected chi connectivity index (χ4v) is 4.25. The summed E-state index contributed by atoms with van der Waals surface area (Å²) in [4.78, 5) is 35.1. The van der Waals surface area contributed by atoms with Crippen LogP contribution in [0.2, 0.25) is 0 Å². The first-order valence-corrected chi connectivity index (χ1v) is 11.5. The van der Waals surface area contributed by atoms with Crippen molar-refractivity contribution in [1.82, 2.24) is 19.1 Å². The van der Waals surface area contributed by atoms with Gasteiger partial charge in [-0.3, -0.25) is 14.2 Å². The van der Waals surface area contributed by atoms with E-state index in [0.29, 0.717) is 23.4 Å². The summed E-state index contributed by atoms with van der Waals surface area (Å²) in [7, 11) is 1.55. The van der Waals surface area contributed by atoms with Crippen LogP contribution in [0.25, 0.3) is 22.2 Å². The summed E-state index contributed by atoms with van der Waals surface area (Å²) in [5.74, 6) is -0.350. The third kappa shape index (κ3) is 4.50. The van der Waals surface area contributed by atoms with Crippen molar-refractivity contribution in [3.63, 3.8) is 0 Å². The predicted molar refractivity (Wildman–Crippen MR) is 133 cm³/mol. The summed E-state index contributed by atoms with van der Waals surface area (Å²) in [6.07, 6.45) is -0.523. The molecule has 0 aliphatic rings. The average Bonchev–Trinajstić information content (AvgIpc) is 2.83. The van der Waals surface area contributed by atoms with Crippen molar-refractivity contribution in [3.05, 3.63) is 86.1 Å². The average molecular weight is 498 g/mol. The highest BCUT2D eigenvalue weighted by Crippen LogP contribution is 2.31. The van der Waals surface area contributed by atoms with Crippen molar-refractivity contribution in [3.8, 4) is 11.1 Å². The number of aromatic nitrogens is 4. The molecule has 0 fully saturated rings. The van der Waals surface area contributed by atoms with E-state index in [2.05, 4.69) is 15.3 Å². The standard InChI is InChI=1S/C26H26F3N5O2/c1-5-11-34-12-7-10-17(26(34)36)19-13-20-23(31-15(3)32-24(20)33(4)25(19)35)30-14(2)16-8-6-9-18(21(16)27)22(28)29/h6-10,12-14,22H,5,11H2,1-4H3,(H,30,31,32)/t14-/m1/s1. The molecule has 4 rings (SSSR count). The van der Waals surface area contributed by atoms with Gasteiger partial charge in [0.15, 0.2) is 0 Å². The van der Waals surface area contributed by atoms with Gasteiger partial charge in [0.1, 0.15) is 23.1 Å². The van der Waals surface area contributed by atoms with Crippen molar-refractivity contribution < 1.29 is 13.2 Å². The minimum absolute atomic E-state index is 0.0489. The van der Waals surface area contributed by atoms with Crippen LogP contribution in [0.3, 0.4) is 0 Å². The lowest BCUT2D eigenvalue weighted by molar-refractivity contribution is 0.146. The highest BCUT2D eigenvalue weighted by Gasteiger charge is 2.22. The molecule has 3 heterocycles. The largest absolute Gasteiger partial charge is 0.363 e. The van der Waals surface area contributed by atoms with Gasteiger partial charge < -0.3 is 9.88 Å². The van der Waals surface area contributed by atoms with Gasteiger partial charge in [-0.15, -0.1) is 0 Å². The summed E-state index contributed by atoms with van der Waals surface area (Å²) >= 11 is 0. The second-order valence-corrected chi connectivity index (χ2v) is 8.62. The Hall–Kier alpha value is -3.95. The zero-order chi connectivity index (χ0) is 26.1. The minimum atomic E-state index is -2.95. The predicted octanol–water partition coefficient (Wildman–Crippen LogP) is 5.13. The number of aryl methyl sites for hydroxylation is 3. The van der Waals surface area contributed by atoms with E-state index in [1.54, 1.807) is 49.9 Å². The monoisotopic (exact) mass is 497 g/mol. The van der Waals surface area contributed by atoms with E-state index in [1.807, 2.05) is 6.92 Å². The maximum atomic E-state index is 14.8. The van der Waals surface area contributed by atoms with Crippen LogP contribution in [0, 0.1) is 12.7 Å². The van der Waals surface area contributed by atoms with Crippen LogP contribution < -0.4 is 16.4 Å². The van der Waals surface area contributed by atoms with Gasteiger partial charge in [-0.2, -0.15) is 0 Å². The van der Waals surface area contributed by atoms with Gasteiger partial charge >= 0.3 is 0 Å². The van der Waals surface area contributed by atoms with Crippen LogP contribution >= 0.6 is 0 Å². The number of hydrogen-bond acceptors (Lipinski definition) is 5. The number of pyridine rings is 2. The van der Waals surface area contributed by atoms with Crippen molar-refractivity contribution in [2.45, 2.75) is 46.2 Å². The Bertz CT molecular complexity index is 1560. The van der Waals surface area contributed by atoms with Crippen molar-refractivity contribution in [2.75, 3.05) is 5.32 Å². The number of benzene rings is 1. The highest BCUT2D eigenvalue weighted by molar-refractivity contribution is 5.90. The molecule has 0 bridgehead atoms. The number of rotatable bonds is 7. The van der Waals surface area contributed by atoms with Crippen LogP contribution in [-0.2, 0) is 13.6 Å². The molecule has 0 aliphatic carbocycles. The third-order valence-corrected chi connectivity index (χ3v) is 6.07. The first-order valence-electron chi connectivity index (χ1n) is 11.5. The number of nitrogens with one attached hydrogen (secondary N) is 1. The Morgan fingerprint density at radius 3 is 2.44 bits per heavy atom. The molecule has 7 nitrogen and oxygen atoms in total. The van der Waals surface area contributed by atoms with Crippen LogP contribution in [0.5, 0.6) is 0 Å². The van der Waals surface area contributed by atoms with Gasteiger partial charge in [0.25, 0.3) is 17.5 Å². The van der Waals surface area contributed by atoms with E-state index in [0.717, 1.165) is 12.5 Å². The van der Waals surface area contributed by atoms with Crippen LogP contribution in [0.4, 0.5) is 19.0 Å². The molecule has 0 saturated heterocycles. The molecule has 0 amide bonds. The first-order chi connectivity index (χ1) is 17.1. The molecule has 1 N–H and O–H groups in total. The number of alkyl halides is 2. The fourth-order valence-electron chi connectivity index (χ4n) is 4.25. The Balaban J connectivity index is 1.88. The summed E-state index contributed by atoms with van der Waals surface area (Å²) in [5.41, 5.74) is -0.593. The Morgan fingerprint density at radius 1 is 1.03 bits per heavy atom. The quantitative estimate of drug-likeness (QED) is 0.383. The highest BCUT2D eigenvalue weighted by atomic mass is 19.3. The lowest BCUT2D eigenvalue weighted by Crippen LogP contribution is -2.26. The second kappa shape index (κ2) is 9.96. The lowest BCUT2D eigenvalue weighted by atomic mass is 10.0. The van der Waals surface area contributed by atoms with Crippen molar-refractivity contribution in [2.24, 2.45) is 7.05 Å². The molecule has 1 aromatic carbocycles. The number of anilines is 1. The fraction of sp³-hybridized carbons (Fsp3) is 0.308. The Kier molecular flexibility index (Phi) is 6.96. The zero-order valence-electron chi connectivity index (χ0n) is 20.3. The molecular weight excluding hydrogens is 471 g/mol. The number of halogens is 3. The molecule has 0 spiro atoms. The van der Waals surface area contributed by atoms with Crippen LogP contribution in [0.15, 0.2) is 52.2 Å². The smallest absolute Gasteiger partial charge is 0.266 e. The Labute approximate surface area is 205 Å². The summed E-state index contributed by atoms with van der Waals surface area (Å²) < 4.78 is 44.1. The topological polar surface area (TPSA) is 81.8 Å². The van der Waals surface area contributed by atoms with E-state index in [-0.39, 0.29) is 28.1 Å². The van der Waals surface area contributed by atoms with Gasteiger partial charge in [-0.25, -0.2) is 23.1 Å². The molecule has 3 aromatic heterocycles. The summed E-state index contributed by atoms with van der Waals surface area (Å²) in [6.45, 7) is 5.73. The summed E-state index contributed by atoms with van der Waals surface area (Å²) in [6, 6.07) is 7.96. The first kappa shape index (κ1) is 25.2. The van der Waals surface area contributed by atoms with Gasteiger partial charge in [0, 0.05) is 25.4 Å². The second-order valence-electron chi connectivity index (χ2n) is 8.62. The van der Waals surface area contributed by atoms with Gasteiger partial charge in [0.2, 0.25) is 0 Å². The molecule has 1 atom stereocenters. The number of nitrogens with zero attached hydrogens (tertiary/aromatic N) is 4. The molecule has 188 valence electrons. The Morgan fingerprint density at radius 2 is 1.75 bits per heavy atom. The van der Waals surface area contributed by atoms with Crippen LogP contribution in [-0.4, -0.2) is 19.1 Å². The molecule has 4 aromatic rings. The lowest BCUT2D eigenvalue weighted by Gasteiger charge is -2.19. The molecular formula is C26H26F3N5O2. The van der Waals surface area contributed by atoms with Crippen LogP contribution in [0.1, 0.15) is 49.7 Å². The minimum Gasteiger partial charge on any atom is -0.363 e. The van der Waals surface area contributed by atoms with E-state index in [1.165, 1.54) is 16.7 Å². The van der Waals surface area contributed by atoms with Crippen molar-refractivity contribution >= 4 is 16.9 Å². The van der Waals surface area contributed by atoms with Gasteiger partial charge in [-0.1, -0.05) is 25.1 Å². The molecule has 0 unspecified atom stereocenters.